The minimum atomic E-state index is -1.11. The number of thiazole rings is 1. The number of urea groups is 1. The van der Waals surface area contributed by atoms with Crippen LogP contribution in [-0.2, 0) is 0 Å². The largest absolute Gasteiger partial charge is 0.351 e. The lowest BCUT2D eigenvalue weighted by atomic mass is 10.3. The smallest absolute Gasteiger partial charge is 0.325 e. The number of nitriles is 1. The van der Waals surface area contributed by atoms with Crippen molar-refractivity contribution in [3.63, 3.8) is 0 Å². The van der Waals surface area contributed by atoms with Crippen molar-refractivity contribution in [1.29, 1.82) is 5.26 Å². The van der Waals surface area contributed by atoms with Gasteiger partial charge in [-0.15, -0.1) is 0 Å². The van der Waals surface area contributed by atoms with Gasteiger partial charge in [0.05, 0.1) is 11.9 Å². The second-order valence-corrected chi connectivity index (χ2v) is 4.40. The van der Waals surface area contributed by atoms with E-state index < -0.39 is 17.7 Å². The first-order valence-electron chi connectivity index (χ1n) is 4.93. The summed E-state index contributed by atoms with van der Waals surface area (Å²) in [6, 6.07) is 3.84. The number of benzene rings is 1. The molecule has 96 valence electrons. The first-order valence-corrected chi connectivity index (χ1v) is 5.75. The third-order valence-electron chi connectivity index (χ3n) is 2.18. The molecule has 19 heavy (non-hydrogen) atoms. The number of carbonyl (C=O) groups is 1. The van der Waals surface area contributed by atoms with Crippen LogP contribution < -0.4 is 10.6 Å². The minimum absolute atomic E-state index is 0.0326. The SMILES string of the molecule is N#Cc1cnc(N(C(N)=O)c2ccc(F)c(F)c2)s1. The highest BCUT2D eigenvalue weighted by Crippen LogP contribution is 2.29. The van der Waals surface area contributed by atoms with Crippen LogP contribution in [0, 0.1) is 23.0 Å². The average molecular weight is 280 g/mol. The highest BCUT2D eigenvalue weighted by atomic mass is 32.1. The number of anilines is 2. The van der Waals surface area contributed by atoms with Gasteiger partial charge in [0, 0.05) is 6.07 Å². The molecule has 5 nitrogen and oxygen atoms in total. The molecule has 0 radical (unpaired) electrons. The van der Waals surface area contributed by atoms with E-state index in [0.717, 1.165) is 28.4 Å². The summed E-state index contributed by atoms with van der Waals surface area (Å²) in [6.45, 7) is 0. The van der Waals surface area contributed by atoms with E-state index in [0.29, 0.717) is 0 Å². The van der Waals surface area contributed by atoms with Crippen molar-refractivity contribution in [1.82, 2.24) is 4.98 Å². The number of carbonyl (C=O) groups excluding carboxylic acids is 1. The van der Waals surface area contributed by atoms with Crippen LogP contribution in [0.2, 0.25) is 0 Å². The predicted molar refractivity (Wildman–Crippen MR) is 64.9 cm³/mol. The Morgan fingerprint density at radius 3 is 2.68 bits per heavy atom. The van der Waals surface area contributed by atoms with E-state index in [9.17, 15) is 13.6 Å². The van der Waals surface area contributed by atoms with E-state index in [1.807, 2.05) is 6.07 Å². The van der Waals surface area contributed by atoms with Crippen LogP contribution in [-0.4, -0.2) is 11.0 Å². The molecule has 0 aliphatic carbocycles. The van der Waals surface area contributed by atoms with Crippen molar-refractivity contribution in [2.24, 2.45) is 5.73 Å². The highest BCUT2D eigenvalue weighted by Gasteiger charge is 2.20. The molecule has 0 spiro atoms. The van der Waals surface area contributed by atoms with Gasteiger partial charge in [0.15, 0.2) is 16.8 Å². The number of aromatic nitrogens is 1. The van der Waals surface area contributed by atoms with Crippen LogP contribution in [0.3, 0.4) is 0 Å². The maximum absolute atomic E-state index is 13.2. The van der Waals surface area contributed by atoms with Crippen LogP contribution in [0.5, 0.6) is 0 Å². The number of halogens is 2. The standard InChI is InChI=1S/C11H6F2N4OS/c12-8-2-1-6(3-9(8)13)17(10(15)18)11-16-5-7(4-14)19-11/h1-3,5H,(H2,15,18). The van der Waals surface area contributed by atoms with E-state index >= 15 is 0 Å². The molecule has 0 aliphatic heterocycles. The molecule has 1 aromatic carbocycles. The van der Waals surface area contributed by atoms with Gasteiger partial charge in [0.2, 0.25) is 0 Å². The number of nitrogens with zero attached hydrogens (tertiary/aromatic N) is 3. The van der Waals surface area contributed by atoms with Crippen LogP contribution in [0.15, 0.2) is 24.4 Å². The molecular formula is C11H6F2N4OS. The molecule has 0 fully saturated rings. The molecule has 2 rings (SSSR count). The number of rotatable bonds is 2. The van der Waals surface area contributed by atoms with Gasteiger partial charge < -0.3 is 5.73 Å². The zero-order chi connectivity index (χ0) is 14.0. The molecule has 1 aromatic heterocycles. The van der Waals surface area contributed by atoms with E-state index in [2.05, 4.69) is 4.98 Å². The number of primary amides is 1. The third-order valence-corrected chi connectivity index (χ3v) is 3.06. The van der Waals surface area contributed by atoms with Gasteiger partial charge in [0.25, 0.3) is 0 Å². The molecule has 2 N–H and O–H groups in total. The van der Waals surface area contributed by atoms with Crippen molar-refractivity contribution in [3.8, 4) is 6.07 Å². The summed E-state index contributed by atoms with van der Waals surface area (Å²) in [5.74, 6) is -2.15. The lowest BCUT2D eigenvalue weighted by molar-refractivity contribution is 0.256. The first kappa shape index (κ1) is 12.9. The van der Waals surface area contributed by atoms with Crippen molar-refractivity contribution in [3.05, 3.63) is 40.9 Å². The molecule has 8 heteroatoms. The third kappa shape index (κ3) is 2.51. The summed E-state index contributed by atoms with van der Waals surface area (Å²) in [6.07, 6.45) is 1.26. The Balaban J connectivity index is 2.48. The van der Waals surface area contributed by atoms with Gasteiger partial charge >= 0.3 is 6.03 Å². The average Bonchev–Trinajstić information content (AvgIpc) is 2.82. The zero-order valence-electron chi connectivity index (χ0n) is 9.30. The van der Waals surface area contributed by atoms with Crippen LogP contribution in [0.4, 0.5) is 24.4 Å². The Labute approximate surface area is 110 Å². The van der Waals surface area contributed by atoms with Gasteiger partial charge in [-0.05, 0) is 12.1 Å². The Morgan fingerprint density at radius 2 is 2.16 bits per heavy atom. The maximum atomic E-state index is 13.2. The number of hydrogen-bond donors (Lipinski definition) is 1. The second-order valence-electron chi connectivity index (χ2n) is 3.39. The molecule has 2 amide bonds. The molecule has 0 saturated heterocycles. The summed E-state index contributed by atoms with van der Waals surface area (Å²) in [7, 11) is 0. The van der Waals surface area contributed by atoms with Crippen molar-refractivity contribution >= 4 is 28.2 Å². The Morgan fingerprint density at radius 1 is 1.42 bits per heavy atom. The second kappa shape index (κ2) is 4.99. The lowest BCUT2D eigenvalue weighted by Crippen LogP contribution is -2.31. The van der Waals surface area contributed by atoms with E-state index in [4.69, 9.17) is 11.0 Å². The zero-order valence-corrected chi connectivity index (χ0v) is 10.1. The number of hydrogen-bond acceptors (Lipinski definition) is 4. The maximum Gasteiger partial charge on any atom is 0.325 e. The number of nitrogens with two attached hydrogens (primary N) is 1. The molecule has 0 unspecified atom stereocenters. The summed E-state index contributed by atoms with van der Waals surface area (Å²) in [5, 5.41) is 8.81. The monoisotopic (exact) mass is 280 g/mol. The van der Waals surface area contributed by atoms with E-state index in [1.54, 1.807) is 0 Å². The topological polar surface area (TPSA) is 83.0 Å². The molecular weight excluding hydrogens is 274 g/mol. The molecule has 0 atom stereocenters. The Hall–Kier alpha value is -2.53. The van der Waals surface area contributed by atoms with Crippen LogP contribution >= 0.6 is 11.3 Å². The number of amides is 2. The van der Waals surface area contributed by atoms with Gasteiger partial charge in [-0.3, -0.25) is 0 Å². The molecule has 0 aliphatic rings. The van der Waals surface area contributed by atoms with Gasteiger partial charge in [-0.2, -0.15) is 5.26 Å². The summed E-state index contributed by atoms with van der Waals surface area (Å²) in [5.41, 5.74) is 5.23. The summed E-state index contributed by atoms with van der Waals surface area (Å²) in [4.78, 5) is 16.4. The van der Waals surface area contributed by atoms with Gasteiger partial charge in [0.1, 0.15) is 10.9 Å². The van der Waals surface area contributed by atoms with Gasteiger partial charge in [-0.1, -0.05) is 11.3 Å². The normalized spacial score (nSPS) is 9.95. The lowest BCUT2D eigenvalue weighted by Gasteiger charge is -2.17. The van der Waals surface area contributed by atoms with Crippen molar-refractivity contribution in [2.75, 3.05) is 4.90 Å². The fourth-order valence-electron chi connectivity index (χ4n) is 1.38. The Bertz CT molecular complexity index is 680. The predicted octanol–water partition coefficient (Wildman–Crippen LogP) is 2.51. The Kier molecular flexibility index (Phi) is 3.39. The minimum Gasteiger partial charge on any atom is -0.351 e. The molecule has 2 aromatic rings. The van der Waals surface area contributed by atoms with E-state index in [1.165, 1.54) is 12.3 Å². The van der Waals surface area contributed by atoms with Crippen LogP contribution in [0.25, 0.3) is 0 Å². The van der Waals surface area contributed by atoms with Gasteiger partial charge in [-0.25, -0.2) is 23.5 Å². The highest BCUT2D eigenvalue weighted by molar-refractivity contribution is 7.16. The fourth-order valence-corrected chi connectivity index (χ4v) is 2.12. The van der Waals surface area contributed by atoms with E-state index in [-0.39, 0.29) is 15.7 Å². The summed E-state index contributed by atoms with van der Waals surface area (Å²) >= 11 is 0.911. The fraction of sp³-hybridized carbons (Fsp3) is 0. The van der Waals surface area contributed by atoms with Crippen LogP contribution in [0.1, 0.15) is 4.88 Å². The summed E-state index contributed by atoms with van der Waals surface area (Å²) < 4.78 is 26.0. The van der Waals surface area contributed by atoms with Crippen molar-refractivity contribution < 1.29 is 13.6 Å². The quantitative estimate of drug-likeness (QED) is 0.917. The van der Waals surface area contributed by atoms with Crippen molar-refractivity contribution in [2.45, 2.75) is 0 Å². The molecule has 1 heterocycles. The molecule has 0 saturated carbocycles. The molecule has 0 bridgehead atoms. The first-order chi connectivity index (χ1) is 9.02.